The minimum Gasteiger partial charge on any atom is -0.497 e. The molecule has 1 fully saturated rings. The van der Waals surface area contributed by atoms with Crippen molar-refractivity contribution in [2.24, 2.45) is 5.92 Å². The molecule has 4 rings (SSSR count). The number of rotatable bonds is 7. The summed E-state index contributed by atoms with van der Waals surface area (Å²) in [5, 5.41) is 0. The molecule has 1 saturated heterocycles. The average Bonchev–Trinajstić information content (AvgIpc) is 3.07. The third-order valence-electron chi connectivity index (χ3n) is 6.27. The van der Waals surface area contributed by atoms with E-state index < -0.39 is 0 Å². The molecule has 5 heteroatoms. The molecular formula is C24H30N2O3. The van der Waals surface area contributed by atoms with Crippen LogP contribution in [-0.4, -0.2) is 56.1 Å². The molecule has 2 aromatic carbocycles. The van der Waals surface area contributed by atoms with Gasteiger partial charge < -0.3 is 19.3 Å². The Morgan fingerprint density at radius 3 is 2.59 bits per heavy atom. The Kier molecular flexibility index (Phi) is 6.05. The van der Waals surface area contributed by atoms with Crippen molar-refractivity contribution in [2.75, 3.05) is 40.4 Å². The molecule has 0 aromatic heterocycles. The molecule has 2 heterocycles. The Hall–Kier alpha value is -2.53. The molecule has 0 spiro atoms. The molecule has 0 bridgehead atoms. The van der Waals surface area contributed by atoms with Crippen molar-refractivity contribution < 1.29 is 14.3 Å². The fourth-order valence-corrected chi connectivity index (χ4v) is 4.52. The molecule has 0 aliphatic carbocycles. The number of methoxy groups -OCH3 is 2. The first-order chi connectivity index (χ1) is 14.2. The van der Waals surface area contributed by atoms with E-state index in [4.69, 9.17) is 9.47 Å². The highest BCUT2D eigenvalue weighted by Gasteiger charge is 2.30. The summed E-state index contributed by atoms with van der Waals surface area (Å²) >= 11 is 0. The molecule has 0 unspecified atom stereocenters. The second-order valence-electron chi connectivity index (χ2n) is 8.06. The van der Waals surface area contributed by atoms with E-state index >= 15 is 0 Å². The van der Waals surface area contributed by atoms with Gasteiger partial charge in [-0.05, 0) is 73.7 Å². The SMILES string of the molecule is COc1ccc2c(c1)CN(CC1CCN(CCc3ccccc3OC)CC1)C2=O. The summed E-state index contributed by atoms with van der Waals surface area (Å²) in [5.41, 5.74) is 3.19. The van der Waals surface area contributed by atoms with Crippen LogP contribution >= 0.6 is 0 Å². The number of carbonyl (C=O) groups excluding carboxylic acids is 1. The first-order valence-electron chi connectivity index (χ1n) is 10.5. The van der Waals surface area contributed by atoms with Crippen molar-refractivity contribution in [3.05, 3.63) is 59.2 Å². The first kappa shape index (κ1) is 19.8. The lowest BCUT2D eigenvalue weighted by atomic mass is 9.96. The molecule has 2 aliphatic rings. The van der Waals surface area contributed by atoms with Crippen LogP contribution in [0.25, 0.3) is 0 Å². The van der Waals surface area contributed by atoms with Gasteiger partial charge in [0.1, 0.15) is 11.5 Å². The van der Waals surface area contributed by atoms with Gasteiger partial charge in [0.2, 0.25) is 0 Å². The number of carbonyl (C=O) groups is 1. The van der Waals surface area contributed by atoms with Crippen molar-refractivity contribution in [1.82, 2.24) is 9.80 Å². The second kappa shape index (κ2) is 8.87. The van der Waals surface area contributed by atoms with Crippen molar-refractivity contribution >= 4 is 5.91 Å². The molecule has 2 aromatic rings. The van der Waals surface area contributed by atoms with E-state index in [-0.39, 0.29) is 5.91 Å². The van der Waals surface area contributed by atoms with Gasteiger partial charge in [-0.2, -0.15) is 0 Å². The van der Waals surface area contributed by atoms with Crippen molar-refractivity contribution in [3.8, 4) is 11.5 Å². The number of para-hydroxylation sites is 1. The highest BCUT2D eigenvalue weighted by Crippen LogP contribution is 2.29. The van der Waals surface area contributed by atoms with Crippen LogP contribution in [0.3, 0.4) is 0 Å². The summed E-state index contributed by atoms with van der Waals surface area (Å²) in [6.45, 7) is 4.82. The topological polar surface area (TPSA) is 42.0 Å². The van der Waals surface area contributed by atoms with E-state index in [2.05, 4.69) is 17.0 Å². The van der Waals surface area contributed by atoms with E-state index in [0.717, 1.165) is 68.1 Å². The summed E-state index contributed by atoms with van der Waals surface area (Å²) in [6, 6.07) is 14.0. The lowest BCUT2D eigenvalue weighted by molar-refractivity contribution is 0.0714. The molecule has 2 aliphatic heterocycles. The Bertz CT molecular complexity index is 859. The van der Waals surface area contributed by atoms with Crippen LogP contribution in [0.1, 0.15) is 34.3 Å². The summed E-state index contributed by atoms with van der Waals surface area (Å²) in [6.07, 6.45) is 3.31. The fraction of sp³-hybridized carbons (Fsp3) is 0.458. The minimum atomic E-state index is 0.168. The van der Waals surface area contributed by atoms with Gasteiger partial charge in [0.15, 0.2) is 0 Å². The maximum atomic E-state index is 12.7. The number of ether oxygens (including phenoxy) is 2. The van der Waals surface area contributed by atoms with Gasteiger partial charge in [-0.3, -0.25) is 4.79 Å². The van der Waals surface area contributed by atoms with Crippen LogP contribution in [0, 0.1) is 5.92 Å². The number of likely N-dealkylation sites (tertiary alicyclic amines) is 1. The molecule has 29 heavy (non-hydrogen) atoms. The zero-order chi connectivity index (χ0) is 20.2. The lowest BCUT2D eigenvalue weighted by Gasteiger charge is -2.34. The summed E-state index contributed by atoms with van der Waals surface area (Å²) in [5.74, 6) is 2.55. The Balaban J connectivity index is 1.26. The minimum absolute atomic E-state index is 0.168. The Labute approximate surface area is 173 Å². The fourth-order valence-electron chi connectivity index (χ4n) is 4.52. The number of nitrogens with zero attached hydrogens (tertiary/aromatic N) is 2. The number of fused-ring (bicyclic) bond motifs is 1. The van der Waals surface area contributed by atoms with Gasteiger partial charge in [0.25, 0.3) is 5.91 Å². The first-order valence-corrected chi connectivity index (χ1v) is 10.5. The van der Waals surface area contributed by atoms with Crippen molar-refractivity contribution in [2.45, 2.75) is 25.8 Å². The van der Waals surface area contributed by atoms with E-state index in [1.165, 1.54) is 5.56 Å². The quantitative estimate of drug-likeness (QED) is 0.719. The predicted molar refractivity (Wildman–Crippen MR) is 114 cm³/mol. The van der Waals surface area contributed by atoms with Gasteiger partial charge in [0.05, 0.1) is 14.2 Å². The maximum Gasteiger partial charge on any atom is 0.254 e. The van der Waals surface area contributed by atoms with Gasteiger partial charge >= 0.3 is 0 Å². The number of benzene rings is 2. The van der Waals surface area contributed by atoms with Crippen LogP contribution in [0.5, 0.6) is 11.5 Å². The number of amides is 1. The normalized spacial score (nSPS) is 17.4. The van der Waals surface area contributed by atoms with Gasteiger partial charge in [-0.25, -0.2) is 0 Å². The van der Waals surface area contributed by atoms with E-state index in [1.807, 2.05) is 35.2 Å². The molecule has 0 saturated carbocycles. The molecule has 1 amide bonds. The third-order valence-corrected chi connectivity index (χ3v) is 6.27. The van der Waals surface area contributed by atoms with E-state index in [9.17, 15) is 4.79 Å². The third kappa shape index (κ3) is 4.40. The van der Waals surface area contributed by atoms with Gasteiger partial charge in [0, 0.05) is 25.2 Å². The zero-order valence-electron chi connectivity index (χ0n) is 17.4. The molecular weight excluding hydrogens is 364 g/mol. The summed E-state index contributed by atoms with van der Waals surface area (Å²) in [4.78, 5) is 17.3. The maximum absolute atomic E-state index is 12.7. The van der Waals surface area contributed by atoms with Gasteiger partial charge in [-0.15, -0.1) is 0 Å². The standard InChI is InChI=1S/C24H30N2O3/c1-28-21-7-8-22-20(15-21)17-26(24(22)27)16-18-9-12-25(13-10-18)14-11-19-5-3-4-6-23(19)29-2/h3-8,15,18H,9-14,16-17H2,1-2H3. The van der Waals surface area contributed by atoms with E-state index in [0.29, 0.717) is 12.5 Å². The molecule has 0 N–H and O–H groups in total. The highest BCUT2D eigenvalue weighted by molar-refractivity contribution is 5.98. The number of piperidine rings is 1. The largest absolute Gasteiger partial charge is 0.497 e. The average molecular weight is 395 g/mol. The lowest BCUT2D eigenvalue weighted by Crippen LogP contribution is -2.39. The van der Waals surface area contributed by atoms with Crippen molar-refractivity contribution in [3.63, 3.8) is 0 Å². The molecule has 0 radical (unpaired) electrons. The van der Waals surface area contributed by atoms with E-state index in [1.54, 1.807) is 14.2 Å². The highest BCUT2D eigenvalue weighted by atomic mass is 16.5. The second-order valence-corrected chi connectivity index (χ2v) is 8.06. The van der Waals surface area contributed by atoms with Crippen LogP contribution in [-0.2, 0) is 13.0 Å². The van der Waals surface area contributed by atoms with Crippen LogP contribution in [0.2, 0.25) is 0 Å². The Morgan fingerprint density at radius 2 is 1.83 bits per heavy atom. The molecule has 154 valence electrons. The summed E-state index contributed by atoms with van der Waals surface area (Å²) in [7, 11) is 3.40. The molecule has 5 nitrogen and oxygen atoms in total. The smallest absolute Gasteiger partial charge is 0.254 e. The van der Waals surface area contributed by atoms with Crippen LogP contribution < -0.4 is 9.47 Å². The van der Waals surface area contributed by atoms with Gasteiger partial charge in [-0.1, -0.05) is 18.2 Å². The molecule has 0 atom stereocenters. The zero-order valence-corrected chi connectivity index (χ0v) is 17.4. The number of hydrogen-bond acceptors (Lipinski definition) is 4. The number of hydrogen-bond donors (Lipinski definition) is 0. The Morgan fingerprint density at radius 1 is 1.03 bits per heavy atom. The van der Waals surface area contributed by atoms with Crippen molar-refractivity contribution in [1.29, 1.82) is 0 Å². The monoisotopic (exact) mass is 394 g/mol. The van der Waals surface area contributed by atoms with Crippen LogP contribution in [0.4, 0.5) is 0 Å². The summed E-state index contributed by atoms with van der Waals surface area (Å²) < 4.78 is 10.8. The van der Waals surface area contributed by atoms with Crippen LogP contribution in [0.15, 0.2) is 42.5 Å². The predicted octanol–water partition coefficient (Wildman–Crippen LogP) is 3.61.